The predicted octanol–water partition coefficient (Wildman–Crippen LogP) is 1.90. The number of para-hydroxylation sites is 1. The minimum atomic E-state index is -3.91. The zero-order chi connectivity index (χ0) is 23.0. The molecule has 0 aliphatic carbocycles. The number of hydrogen-bond donors (Lipinski definition) is 1. The van der Waals surface area contributed by atoms with Gasteiger partial charge in [0, 0.05) is 25.7 Å². The van der Waals surface area contributed by atoms with Crippen molar-refractivity contribution in [1.29, 1.82) is 0 Å². The second-order valence-electron chi connectivity index (χ2n) is 7.08. The maximum absolute atomic E-state index is 13.0. The topological polar surface area (TPSA) is 124 Å². The van der Waals surface area contributed by atoms with E-state index in [0.29, 0.717) is 28.1 Å². The average Bonchev–Trinajstić information content (AvgIpc) is 3.41. The van der Waals surface area contributed by atoms with Crippen molar-refractivity contribution in [3.8, 4) is 5.82 Å². The average molecular weight is 456 g/mol. The number of amides is 1. The number of anilines is 1. The van der Waals surface area contributed by atoms with Gasteiger partial charge < -0.3 is 0 Å². The van der Waals surface area contributed by atoms with Crippen molar-refractivity contribution in [2.24, 2.45) is 7.05 Å². The zero-order valence-electron chi connectivity index (χ0n) is 17.8. The van der Waals surface area contributed by atoms with Crippen molar-refractivity contribution in [1.82, 2.24) is 29.6 Å². The summed E-state index contributed by atoms with van der Waals surface area (Å²) in [6.45, 7) is 1.75. The van der Waals surface area contributed by atoms with E-state index < -0.39 is 10.0 Å². The van der Waals surface area contributed by atoms with Crippen molar-refractivity contribution < 1.29 is 18.0 Å². The largest absolute Gasteiger partial charge is 0.278 e. The Labute approximate surface area is 184 Å². The van der Waals surface area contributed by atoms with Crippen LogP contribution < -0.4 is 4.72 Å². The molecule has 0 bridgehead atoms. The van der Waals surface area contributed by atoms with E-state index in [1.54, 1.807) is 43.0 Å². The maximum atomic E-state index is 13.0. The summed E-state index contributed by atoms with van der Waals surface area (Å²) in [6, 6.07) is 6.92. The van der Waals surface area contributed by atoms with Gasteiger partial charge in [-0.1, -0.05) is 12.1 Å². The minimum Gasteiger partial charge on any atom is -0.277 e. The van der Waals surface area contributed by atoms with Crippen molar-refractivity contribution in [3.05, 3.63) is 60.2 Å². The van der Waals surface area contributed by atoms with E-state index in [-0.39, 0.29) is 10.8 Å². The van der Waals surface area contributed by atoms with Crippen LogP contribution in [0.1, 0.15) is 15.9 Å². The fourth-order valence-electron chi connectivity index (χ4n) is 3.23. The number of rotatable bonds is 6. The molecule has 4 rings (SSSR count). The van der Waals surface area contributed by atoms with Crippen LogP contribution in [0, 0.1) is 6.92 Å². The quantitative estimate of drug-likeness (QED) is 0.440. The standard InChI is InChI=1S/C20H21N7O4S/c1-13-8-18(21-11-16(13)20(28)26(3)31-4)27-12-15(10-23-27)32(29,30)24-17-7-5-6-14-9-22-25(2)19(14)17/h5-12,24H,1-4H3. The van der Waals surface area contributed by atoms with Crippen LogP contribution in [0.2, 0.25) is 0 Å². The summed E-state index contributed by atoms with van der Waals surface area (Å²) in [5, 5.41) is 10.2. The third kappa shape index (κ3) is 3.81. The molecule has 0 radical (unpaired) electrons. The number of hydroxylamine groups is 2. The summed E-state index contributed by atoms with van der Waals surface area (Å²) in [4.78, 5) is 21.4. The number of nitrogens with one attached hydrogen (secondary N) is 1. The van der Waals surface area contributed by atoms with Gasteiger partial charge >= 0.3 is 0 Å². The first-order valence-electron chi connectivity index (χ1n) is 9.48. The van der Waals surface area contributed by atoms with Crippen LogP contribution in [-0.2, 0) is 21.9 Å². The molecule has 1 amide bonds. The van der Waals surface area contributed by atoms with Crippen LogP contribution in [0.4, 0.5) is 5.69 Å². The molecule has 0 spiro atoms. The van der Waals surface area contributed by atoms with Gasteiger partial charge in [-0.25, -0.2) is 23.1 Å². The van der Waals surface area contributed by atoms with E-state index in [9.17, 15) is 13.2 Å². The van der Waals surface area contributed by atoms with Crippen molar-refractivity contribution in [2.75, 3.05) is 18.9 Å². The Morgan fingerprint density at radius 2 is 1.97 bits per heavy atom. The van der Waals surface area contributed by atoms with Gasteiger partial charge in [-0.05, 0) is 24.6 Å². The highest BCUT2D eigenvalue weighted by molar-refractivity contribution is 7.92. The molecule has 166 valence electrons. The number of aryl methyl sites for hydroxylation is 2. The second kappa shape index (κ2) is 8.05. The fourth-order valence-corrected chi connectivity index (χ4v) is 4.23. The van der Waals surface area contributed by atoms with E-state index in [0.717, 1.165) is 10.4 Å². The second-order valence-corrected chi connectivity index (χ2v) is 8.76. The lowest BCUT2D eigenvalue weighted by Crippen LogP contribution is -2.26. The van der Waals surface area contributed by atoms with Crippen LogP contribution in [0.3, 0.4) is 0 Å². The Hall–Kier alpha value is -3.77. The molecule has 11 nitrogen and oxygen atoms in total. The molecule has 0 unspecified atom stereocenters. The van der Waals surface area contributed by atoms with Crippen molar-refractivity contribution >= 4 is 32.5 Å². The van der Waals surface area contributed by atoms with Crippen molar-refractivity contribution in [3.63, 3.8) is 0 Å². The van der Waals surface area contributed by atoms with Crippen LogP contribution in [0.25, 0.3) is 16.7 Å². The Morgan fingerprint density at radius 3 is 2.69 bits per heavy atom. The van der Waals surface area contributed by atoms with Crippen LogP contribution in [0.15, 0.2) is 53.9 Å². The summed E-state index contributed by atoms with van der Waals surface area (Å²) in [7, 11) is 0.720. The monoisotopic (exact) mass is 455 g/mol. The molecule has 0 aliphatic rings. The number of fused-ring (bicyclic) bond motifs is 1. The summed E-state index contributed by atoms with van der Waals surface area (Å²) in [5.74, 6) is 0.0237. The zero-order valence-corrected chi connectivity index (χ0v) is 18.7. The lowest BCUT2D eigenvalue weighted by Gasteiger charge is -2.15. The minimum absolute atomic E-state index is 0.0320. The summed E-state index contributed by atoms with van der Waals surface area (Å²) in [5.41, 5.74) is 2.09. The lowest BCUT2D eigenvalue weighted by molar-refractivity contribution is -0.0757. The van der Waals surface area contributed by atoms with E-state index in [4.69, 9.17) is 4.84 Å². The number of hydrogen-bond acceptors (Lipinski definition) is 7. The van der Waals surface area contributed by atoms with Crippen LogP contribution in [0.5, 0.6) is 0 Å². The number of aromatic nitrogens is 5. The molecule has 12 heteroatoms. The fraction of sp³-hybridized carbons (Fsp3) is 0.200. The Kier molecular flexibility index (Phi) is 5.40. The third-order valence-electron chi connectivity index (χ3n) is 5.00. The molecule has 1 N–H and O–H groups in total. The SMILES string of the molecule is CON(C)C(=O)c1cnc(-n2cc(S(=O)(=O)Nc3cccc4cnn(C)c34)cn2)cc1C. The normalized spacial score (nSPS) is 11.6. The summed E-state index contributed by atoms with van der Waals surface area (Å²) < 4.78 is 31.5. The van der Waals surface area contributed by atoms with Gasteiger partial charge in [0.15, 0.2) is 5.82 Å². The number of carbonyl (C=O) groups excluding carboxylic acids is 1. The van der Waals surface area contributed by atoms with Gasteiger partial charge in [-0.2, -0.15) is 10.2 Å². The summed E-state index contributed by atoms with van der Waals surface area (Å²) in [6.07, 6.45) is 5.66. The smallest absolute Gasteiger partial charge is 0.277 e. The van der Waals surface area contributed by atoms with E-state index in [1.807, 2.05) is 6.07 Å². The van der Waals surface area contributed by atoms with Crippen LogP contribution in [-0.4, -0.2) is 58.1 Å². The van der Waals surface area contributed by atoms with E-state index in [2.05, 4.69) is 19.9 Å². The molecule has 0 saturated heterocycles. The molecule has 32 heavy (non-hydrogen) atoms. The third-order valence-corrected chi connectivity index (χ3v) is 6.32. The molecule has 3 aromatic heterocycles. The Morgan fingerprint density at radius 1 is 1.19 bits per heavy atom. The maximum Gasteiger partial charge on any atom is 0.278 e. The highest BCUT2D eigenvalue weighted by Gasteiger charge is 2.20. The molecule has 0 aliphatic heterocycles. The Bertz CT molecular complexity index is 1430. The molecule has 0 atom stereocenters. The first kappa shape index (κ1) is 21.5. The molecule has 0 saturated carbocycles. The molecular formula is C20H21N7O4S. The Balaban J connectivity index is 1.62. The highest BCUT2D eigenvalue weighted by atomic mass is 32.2. The highest BCUT2D eigenvalue weighted by Crippen LogP contribution is 2.25. The predicted molar refractivity (Wildman–Crippen MR) is 117 cm³/mol. The number of pyridine rings is 1. The molecule has 3 heterocycles. The van der Waals surface area contributed by atoms with Gasteiger partial charge in [0.25, 0.3) is 15.9 Å². The van der Waals surface area contributed by atoms with E-state index in [1.165, 1.54) is 37.4 Å². The van der Waals surface area contributed by atoms with Gasteiger partial charge in [-0.15, -0.1) is 0 Å². The van der Waals surface area contributed by atoms with Crippen LogP contribution >= 0.6 is 0 Å². The number of nitrogens with zero attached hydrogens (tertiary/aromatic N) is 6. The first-order chi connectivity index (χ1) is 15.2. The van der Waals surface area contributed by atoms with Crippen molar-refractivity contribution in [2.45, 2.75) is 11.8 Å². The number of benzene rings is 1. The molecule has 1 aromatic carbocycles. The molecular weight excluding hydrogens is 434 g/mol. The number of sulfonamides is 1. The van der Waals surface area contributed by atoms with Gasteiger partial charge in [-0.3, -0.25) is 19.0 Å². The van der Waals surface area contributed by atoms with Gasteiger partial charge in [0.1, 0.15) is 4.90 Å². The lowest BCUT2D eigenvalue weighted by atomic mass is 10.1. The molecule has 4 aromatic rings. The molecule has 0 fully saturated rings. The number of carbonyl (C=O) groups is 1. The van der Waals surface area contributed by atoms with Gasteiger partial charge in [0.2, 0.25) is 0 Å². The first-order valence-corrected chi connectivity index (χ1v) is 11.0. The van der Waals surface area contributed by atoms with Gasteiger partial charge in [0.05, 0.1) is 42.5 Å². The van der Waals surface area contributed by atoms with E-state index >= 15 is 0 Å². The summed E-state index contributed by atoms with van der Waals surface area (Å²) >= 11 is 0.